The van der Waals surface area contributed by atoms with E-state index in [1.165, 1.54) is 0 Å². The zero-order valence-corrected chi connectivity index (χ0v) is 13.3. The molecule has 2 rings (SSSR count). The zero-order chi connectivity index (χ0) is 16.0. The van der Waals surface area contributed by atoms with E-state index in [2.05, 4.69) is 9.71 Å². The van der Waals surface area contributed by atoms with Crippen LogP contribution in [0.3, 0.4) is 0 Å². The topological polar surface area (TPSA) is 58.5 Å². The summed E-state index contributed by atoms with van der Waals surface area (Å²) in [6, 6.07) is 17.9. The van der Waals surface area contributed by atoms with E-state index in [1.807, 2.05) is 30.3 Å². The van der Waals surface area contributed by atoms with E-state index in [-0.39, 0.29) is 4.90 Å². The molecule has 0 aliphatic rings. The van der Waals surface area contributed by atoms with E-state index in [1.54, 1.807) is 50.4 Å². The lowest BCUT2D eigenvalue weighted by molar-refractivity contribution is 0.588. The monoisotopic (exact) mass is 314 g/mol. The van der Waals surface area contributed by atoms with Gasteiger partial charge in [-0.2, -0.15) is 0 Å². The molecule has 0 aromatic heterocycles. The van der Waals surface area contributed by atoms with Gasteiger partial charge in [0.15, 0.2) is 0 Å². The minimum absolute atomic E-state index is 0.234. The van der Waals surface area contributed by atoms with E-state index < -0.39 is 10.0 Å². The maximum atomic E-state index is 12.3. The molecule has 2 aromatic rings. The van der Waals surface area contributed by atoms with Gasteiger partial charge in [0.1, 0.15) is 0 Å². The highest BCUT2D eigenvalue weighted by Gasteiger charge is 2.13. The van der Waals surface area contributed by atoms with Gasteiger partial charge in [-0.25, -0.2) is 8.42 Å². The number of nitrogens with zero attached hydrogens (tertiary/aromatic N) is 1. The quantitative estimate of drug-likeness (QED) is 0.863. The first kappa shape index (κ1) is 16.0. The summed E-state index contributed by atoms with van der Waals surface area (Å²) < 4.78 is 27.1. The molecule has 1 N–H and O–H groups in total. The highest BCUT2D eigenvalue weighted by molar-refractivity contribution is 7.89. The molecule has 114 valence electrons. The molecule has 0 spiro atoms. The molecule has 0 aliphatic heterocycles. The van der Waals surface area contributed by atoms with E-state index in [9.17, 15) is 8.42 Å². The van der Waals surface area contributed by atoms with Gasteiger partial charge in [-0.1, -0.05) is 48.5 Å². The van der Waals surface area contributed by atoms with Gasteiger partial charge in [0.05, 0.1) is 10.6 Å². The van der Waals surface area contributed by atoms with Crippen LogP contribution >= 0.6 is 0 Å². The lowest BCUT2D eigenvalue weighted by Crippen LogP contribution is -2.22. The first-order chi connectivity index (χ1) is 10.5. The number of rotatable bonds is 5. The fourth-order valence-corrected chi connectivity index (χ4v) is 3.11. The Kier molecular flexibility index (Phi) is 5.12. The Bertz CT molecular complexity index is 780. The van der Waals surface area contributed by atoms with Crippen LogP contribution in [0.5, 0.6) is 0 Å². The molecule has 0 bridgehead atoms. The molecular formula is C17H18N2O2S. The van der Waals surface area contributed by atoms with Crippen LogP contribution in [0, 0.1) is 0 Å². The maximum Gasteiger partial charge on any atom is 0.261 e. The van der Waals surface area contributed by atoms with E-state index >= 15 is 0 Å². The average Bonchev–Trinajstić information content (AvgIpc) is 2.54. The molecule has 0 saturated heterocycles. The van der Waals surface area contributed by atoms with Crippen molar-refractivity contribution in [3.8, 4) is 0 Å². The molecule has 22 heavy (non-hydrogen) atoms. The van der Waals surface area contributed by atoms with Gasteiger partial charge < -0.3 is 0 Å². The number of aliphatic imine (C=N–C) groups is 1. The van der Waals surface area contributed by atoms with Gasteiger partial charge in [0, 0.05) is 12.7 Å². The van der Waals surface area contributed by atoms with Crippen molar-refractivity contribution in [1.29, 1.82) is 0 Å². The summed E-state index contributed by atoms with van der Waals surface area (Å²) in [6.45, 7) is 1.70. The van der Waals surface area contributed by atoms with Gasteiger partial charge >= 0.3 is 0 Å². The van der Waals surface area contributed by atoms with Crippen molar-refractivity contribution in [2.45, 2.75) is 11.8 Å². The standard InChI is InChI=1S/C17H18N2O2S/c1-14(13-17(18-2)15-9-5-3-6-10-15)19-22(20,21)16-11-7-4-8-12-16/h3-13,19H,1-2H3. The second-order valence-electron chi connectivity index (χ2n) is 4.72. The van der Waals surface area contributed by atoms with E-state index in [0.29, 0.717) is 11.4 Å². The number of hydrogen-bond donors (Lipinski definition) is 1. The Labute approximate surface area is 131 Å². The van der Waals surface area contributed by atoms with Crippen LogP contribution in [0.2, 0.25) is 0 Å². The Morgan fingerprint density at radius 3 is 2.09 bits per heavy atom. The second kappa shape index (κ2) is 7.04. The third-order valence-corrected chi connectivity index (χ3v) is 4.50. The van der Waals surface area contributed by atoms with Gasteiger partial charge in [-0.15, -0.1) is 0 Å². The summed E-state index contributed by atoms with van der Waals surface area (Å²) in [5.74, 6) is 0. The van der Waals surface area contributed by atoms with Crippen LogP contribution in [0.1, 0.15) is 12.5 Å². The molecule has 0 saturated carbocycles. The Balaban J connectivity index is 2.23. The number of nitrogens with one attached hydrogen (secondary N) is 1. The van der Waals surface area contributed by atoms with Crippen LogP contribution in [0.15, 0.2) is 82.3 Å². The molecule has 0 heterocycles. The Morgan fingerprint density at radius 1 is 1.00 bits per heavy atom. The van der Waals surface area contributed by atoms with Crippen molar-refractivity contribution in [2.24, 2.45) is 4.99 Å². The highest BCUT2D eigenvalue weighted by atomic mass is 32.2. The van der Waals surface area contributed by atoms with Crippen LogP contribution < -0.4 is 4.72 Å². The van der Waals surface area contributed by atoms with Crippen LogP contribution in [0.25, 0.3) is 0 Å². The van der Waals surface area contributed by atoms with Crippen molar-refractivity contribution in [3.63, 3.8) is 0 Å². The van der Waals surface area contributed by atoms with Gasteiger partial charge in [-0.3, -0.25) is 9.71 Å². The first-order valence-corrected chi connectivity index (χ1v) is 8.29. The lowest BCUT2D eigenvalue weighted by atomic mass is 10.1. The van der Waals surface area contributed by atoms with Crippen LogP contribution in [-0.4, -0.2) is 21.2 Å². The number of benzene rings is 2. The van der Waals surface area contributed by atoms with Crippen molar-refractivity contribution in [3.05, 3.63) is 78.0 Å². The zero-order valence-electron chi connectivity index (χ0n) is 12.5. The normalized spacial score (nSPS) is 13.0. The summed E-state index contributed by atoms with van der Waals surface area (Å²) in [5, 5.41) is 0. The van der Waals surface area contributed by atoms with E-state index in [4.69, 9.17) is 0 Å². The minimum atomic E-state index is -3.57. The van der Waals surface area contributed by atoms with Gasteiger partial charge in [0.25, 0.3) is 10.0 Å². The Hall–Kier alpha value is -2.40. The third kappa shape index (κ3) is 4.05. The van der Waals surface area contributed by atoms with Crippen molar-refractivity contribution >= 4 is 15.7 Å². The highest BCUT2D eigenvalue weighted by Crippen LogP contribution is 2.10. The summed E-state index contributed by atoms with van der Waals surface area (Å²) in [4.78, 5) is 4.44. The minimum Gasteiger partial charge on any atom is -0.288 e. The SMILES string of the molecule is CN=C(C=C(C)NS(=O)(=O)c1ccccc1)c1ccccc1. The number of hydrogen-bond acceptors (Lipinski definition) is 3. The molecule has 0 unspecified atom stereocenters. The third-order valence-electron chi connectivity index (χ3n) is 3.01. The summed E-state index contributed by atoms with van der Waals surface area (Å²) >= 11 is 0. The Morgan fingerprint density at radius 2 is 1.55 bits per heavy atom. The lowest BCUT2D eigenvalue weighted by Gasteiger charge is -2.09. The fraction of sp³-hybridized carbons (Fsp3) is 0.118. The summed E-state index contributed by atoms with van der Waals surface area (Å²) in [7, 11) is -1.89. The number of allylic oxidation sites excluding steroid dienone is 2. The molecule has 2 aromatic carbocycles. The van der Waals surface area contributed by atoms with Crippen molar-refractivity contribution < 1.29 is 8.42 Å². The van der Waals surface area contributed by atoms with Crippen LogP contribution in [-0.2, 0) is 10.0 Å². The molecule has 0 atom stereocenters. The molecule has 5 heteroatoms. The first-order valence-electron chi connectivity index (χ1n) is 6.81. The largest absolute Gasteiger partial charge is 0.288 e. The molecule has 0 fully saturated rings. The summed E-state index contributed by atoms with van der Waals surface area (Å²) in [5.41, 5.74) is 2.16. The van der Waals surface area contributed by atoms with E-state index in [0.717, 1.165) is 5.56 Å². The molecular weight excluding hydrogens is 296 g/mol. The smallest absolute Gasteiger partial charge is 0.261 e. The molecule has 0 aliphatic carbocycles. The van der Waals surface area contributed by atoms with Gasteiger partial charge in [0.2, 0.25) is 0 Å². The number of sulfonamides is 1. The van der Waals surface area contributed by atoms with Crippen LogP contribution in [0.4, 0.5) is 0 Å². The second-order valence-corrected chi connectivity index (χ2v) is 6.40. The molecule has 4 nitrogen and oxygen atoms in total. The van der Waals surface area contributed by atoms with Crippen molar-refractivity contribution in [2.75, 3.05) is 7.05 Å². The van der Waals surface area contributed by atoms with Crippen molar-refractivity contribution in [1.82, 2.24) is 4.72 Å². The maximum absolute atomic E-state index is 12.3. The summed E-state index contributed by atoms with van der Waals surface area (Å²) in [6.07, 6.45) is 1.72. The molecule has 0 radical (unpaired) electrons. The van der Waals surface area contributed by atoms with Gasteiger partial charge in [-0.05, 0) is 30.7 Å². The molecule has 0 amide bonds. The fourth-order valence-electron chi connectivity index (χ4n) is 1.99. The predicted molar refractivity (Wildman–Crippen MR) is 89.4 cm³/mol. The average molecular weight is 314 g/mol. The predicted octanol–water partition coefficient (Wildman–Crippen LogP) is 2.99.